The van der Waals surface area contributed by atoms with Crippen LogP contribution < -0.4 is 5.32 Å². The molecule has 0 saturated heterocycles. The molecule has 0 aliphatic carbocycles. The van der Waals surface area contributed by atoms with Crippen molar-refractivity contribution in [3.05, 3.63) is 42.4 Å². The van der Waals surface area contributed by atoms with E-state index in [0.29, 0.717) is 0 Å². The minimum absolute atomic E-state index is 0.847. The van der Waals surface area contributed by atoms with Gasteiger partial charge in [0.05, 0.1) is 0 Å². The Labute approximate surface area is 81.8 Å². The maximum absolute atomic E-state index is 4.20. The van der Waals surface area contributed by atoms with E-state index in [1.54, 1.807) is 6.33 Å². The second kappa shape index (κ2) is 2.80. The number of hydrogen-bond acceptors (Lipinski definition) is 3. The maximum Gasteiger partial charge on any atom is 0.137 e. The molecule has 1 aromatic carbocycles. The average Bonchev–Trinajstić information content (AvgIpc) is 2.29. The van der Waals surface area contributed by atoms with E-state index in [2.05, 4.69) is 33.5 Å². The van der Waals surface area contributed by atoms with Crippen LogP contribution in [0.15, 0.2) is 36.8 Å². The lowest BCUT2D eigenvalue weighted by atomic mass is 9.98. The third-order valence-electron chi connectivity index (χ3n) is 2.47. The number of benzene rings is 1. The zero-order valence-electron chi connectivity index (χ0n) is 7.57. The first kappa shape index (κ1) is 7.50. The zero-order valence-corrected chi connectivity index (χ0v) is 7.57. The van der Waals surface area contributed by atoms with E-state index in [1.165, 1.54) is 11.1 Å². The highest BCUT2D eigenvalue weighted by atomic mass is 15.0. The molecule has 2 heterocycles. The number of fused-ring (bicyclic) bond motifs is 3. The fourth-order valence-corrected chi connectivity index (χ4v) is 1.78. The van der Waals surface area contributed by atoms with Gasteiger partial charge in [0.15, 0.2) is 0 Å². The van der Waals surface area contributed by atoms with Gasteiger partial charge in [-0.15, -0.1) is 0 Å². The lowest BCUT2D eigenvalue weighted by Gasteiger charge is -2.19. The standard InChI is InChI=1S/C11H9N3/c1-2-4-9-8(3-1)5-13-11-10(9)6-12-7-14-11/h1-4,6-7H,5H2,(H,12,13,14). The van der Waals surface area contributed by atoms with Gasteiger partial charge in [0.2, 0.25) is 0 Å². The second-order valence-corrected chi connectivity index (χ2v) is 3.30. The third kappa shape index (κ3) is 0.988. The smallest absolute Gasteiger partial charge is 0.137 e. The van der Waals surface area contributed by atoms with Crippen LogP contribution in [-0.2, 0) is 6.54 Å². The van der Waals surface area contributed by atoms with E-state index >= 15 is 0 Å². The van der Waals surface area contributed by atoms with Gasteiger partial charge in [-0.25, -0.2) is 9.97 Å². The normalized spacial score (nSPS) is 12.6. The number of nitrogens with zero attached hydrogens (tertiary/aromatic N) is 2. The van der Waals surface area contributed by atoms with Crippen molar-refractivity contribution >= 4 is 5.82 Å². The first-order valence-electron chi connectivity index (χ1n) is 4.57. The van der Waals surface area contributed by atoms with E-state index in [-0.39, 0.29) is 0 Å². The summed E-state index contributed by atoms with van der Waals surface area (Å²) in [6, 6.07) is 8.33. The summed E-state index contributed by atoms with van der Waals surface area (Å²) >= 11 is 0. The molecular weight excluding hydrogens is 174 g/mol. The molecule has 1 aromatic heterocycles. The highest BCUT2D eigenvalue weighted by molar-refractivity contribution is 5.79. The number of aromatic nitrogens is 2. The highest BCUT2D eigenvalue weighted by Gasteiger charge is 2.14. The molecule has 14 heavy (non-hydrogen) atoms. The summed E-state index contributed by atoms with van der Waals surface area (Å²) in [5, 5.41) is 3.27. The van der Waals surface area contributed by atoms with Crippen molar-refractivity contribution in [3.63, 3.8) is 0 Å². The van der Waals surface area contributed by atoms with Crippen molar-refractivity contribution in [2.75, 3.05) is 5.32 Å². The van der Waals surface area contributed by atoms with Crippen molar-refractivity contribution in [2.24, 2.45) is 0 Å². The molecule has 1 aliphatic rings. The molecule has 1 aliphatic heterocycles. The van der Waals surface area contributed by atoms with Gasteiger partial charge in [-0.1, -0.05) is 24.3 Å². The van der Waals surface area contributed by atoms with Crippen molar-refractivity contribution < 1.29 is 0 Å². The van der Waals surface area contributed by atoms with Crippen molar-refractivity contribution in [1.29, 1.82) is 0 Å². The molecule has 0 radical (unpaired) electrons. The largest absolute Gasteiger partial charge is 0.365 e. The van der Waals surface area contributed by atoms with Gasteiger partial charge in [-0.05, 0) is 11.1 Å². The molecule has 3 rings (SSSR count). The first-order valence-corrected chi connectivity index (χ1v) is 4.57. The lowest BCUT2D eigenvalue weighted by molar-refractivity contribution is 1.06. The van der Waals surface area contributed by atoms with E-state index in [9.17, 15) is 0 Å². The van der Waals surface area contributed by atoms with Crippen LogP contribution in [0.4, 0.5) is 5.82 Å². The van der Waals surface area contributed by atoms with E-state index in [0.717, 1.165) is 17.9 Å². The molecule has 0 amide bonds. The number of nitrogens with one attached hydrogen (secondary N) is 1. The average molecular weight is 183 g/mol. The molecule has 1 N–H and O–H groups in total. The fraction of sp³-hybridized carbons (Fsp3) is 0.0909. The Hall–Kier alpha value is -1.90. The summed E-state index contributed by atoms with van der Waals surface area (Å²) in [6.45, 7) is 0.847. The van der Waals surface area contributed by atoms with Gasteiger partial charge >= 0.3 is 0 Å². The Balaban J connectivity index is 2.29. The predicted molar refractivity (Wildman–Crippen MR) is 54.8 cm³/mol. The van der Waals surface area contributed by atoms with E-state index < -0.39 is 0 Å². The Kier molecular flexibility index (Phi) is 1.50. The van der Waals surface area contributed by atoms with Crippen molar-refractivity contribution in [3.8, 4) is 11.1 Å². The molecule has 3 heteroatoms. The van der Waals surface area contributed by atoms with Gasteiger partial charge in [0.25, 0.3) is 0 Å². The van der Waals surface area contributed by atoms with Crippen LogP contribution in [0.25, 0.3) is 11.1 Å². The van der Waals surface area contributed by atoms with Crippen LogP contribution in [0, 0.1) is 0 Å². The van der Waals surface area contributed by atoms with Crippen LogP contribution in [0.3, 0.4) is 0 Å². The Morgan fingerprint density at radius 3 is 3.07 bits per heavy atom. The summed E-state index contributed by atoms with van der Waals surface area (Å²) in [7, 11) is 0. The molecule has 0 unspecified atom stereocenters. The van der Waals surface area contributed by atoms with Crippen molar-refractivity contribution in [1.82, 2.24) is 9.97 Å². The SMILES string of the molecule is c1ccc2c(c1)CNc1ncncc1-2. The van der Waals surface area contributed by atoms with Crippen LogP contribution in [0.1, 0.15) is 5.56 Å². The molecule has 2 aromatic rings. The molecule has 0 fully saturated rings. The summed E-state index contributed by atoms with van der Waals surface area (Å²) in [4.78, 5) is 8.24. The number of hydrogen-bond donors (Lipinski definition) is 1. The minimum Gasteiger partial charge on any atom is -0.365 e. The van der Waals surface area contributed by atoms with Gasteiger partial charge in [-0.2, -0.15) is 0 Å². The molecule has 0 spiro atoms. The lowest BCUT2D eigenvalue weighted by Crippen LogP contribution is -2.09. The van der Waals surface area contributed by atoms with E-state index in [1.807, 2.05) is 12.3 Å². The molecule has 0 bridgehead atoms. The molecule has 3 nitrogen and oxygen atoms in total. The number of rotatable bonds is 0. The van der Waals surface area contributed by atoms with Gasteiger partial charge in [0.1, 0.15) is 12.1 Å². The summed E-state index contributed by atoms with van der Waals surface area (Å²) in [6.07, 6.45) is 3.42. The van der Waals surface area contributed by atoms with Gasteiger partial charge < -0.3 is 5.32 Å². The predicted octanol–water partition coefficient (Wildman–Crippen LogP) is 2.07. The molecule has 0 atom stereocenters. The van der Waals surface area contributed by atoms with Crippen LogP contribution in [-0.4, -0.2) is 9.97 Å². The van der Waals surface area contributed by atoms with Crippen LogP contribution in [0.5, 0.6) is 0 Å². The summed E-state index contributed by atoms with van der Waals surface area (Å²) < 4.78 is 0. The Morgan fingerprint density at radius 2 is 2.07 bits per heavy atom. The van der Waals surface area contributed by atoms with Crippen LogP contribution in [0.2, 0.25) is 0 Å². The quantitative estimate of drug-likeness (QED) is 0.679. The first-order chi connectivity index (χ1) is 6.95. The van der Waals surface area contributed by atoms with Crippen LogP contribution >= 0.6 is 0 Å². The van der Waals surface area contributed by atoms with Gasteiger partial charge in [0, 0.05) is 18.3 Å². The topological polar surface area (TPSA) is 37.8 Å². The minimum atomic E-state index is 0.847. The Morgan fingerprint density at radius 1 is 1.14 bits per heavy atom. The molecular formula is C11H9N3. The second-order valence-electron chi connectivity index (χ2n) is 3.30. The Bertz CT molecular complexity index is 434. The summed E-state index contributed by atoms with van der Waals surface area (Å²) in [5.74, 6) is 0.929. The maximum atomic E-state index is 4.20. The molecule has 0 saturated carbocycles. The monoisotopic (exact) mass is 183 g/mol. The number of anilines is 1. The van der Waals surface area contributed by atoms with E-state index in [4.69, 9.17) is 0 Å². The zero-order chi connectivity index (χ0) is 9.38. The van der Waals surface area contributed by atoms with Gasteiger partial charge in [-0.3, -0.25) is 0 Å². The molecule has 68 valence electrons. The van der Waals surface area contributed by atoms with Crippen molar-refractivity contribution in [2.45, 2.75) is 6.54 Å². The highest BCUT2D eigenvalue weighted by Crippen LogP contribution is 2.32. The third-order valence-corrected chi connectivity index (χ3v) is 2.47. The fourth-order valence-electron chi connectivity index (χ4n) is 1.78. The summed E-state index contributed by atoms with van der Waals surface area (Å²) in [5.41, 5.74) is 3.63.